The molecular weight excluding hydrogens is 381 g/mol. The Morgan fingerprint density at radius 2 is 1.78 bits per heavy atom. The van der Waals surface area contributed by atoms with Gasteiger partial charge in [-0.1, -0.05) is 0 Å². The quantitative estimate of drug-likeness (QED) is 0.829. The number of ether oxygens (including phenoxy) is 1. The summed E-state index contributed by atoms with van der Waals surface area (Å²) in [5.41, 5.74) is -0.00179. The molecule has 1 amide bonds. The van der Waals surface area contributed by atoms with E-state index in [0.717, 1.165) is 18.9 Å². The van der Waals surface area contributed by atoms with Gasteiger partial charge in [0.1, 0.15) is 0 Å². The number of methoxy groups -OCH3 is 1. The molecule has 1 aromatic carbocycles. The molecule has 3 rings (SSSR count). The predicted octanol–water partition coefficient (Wildman–Crippen LogP) is 3.85. The summed E-state index contributed by atoms with van der Waals surface area (Å²) >= 11 is 0. The Balaban J connectivity index is 0.00000261. The van der Waals surface area contributed by atoms with Crippen molar-refractivity contribution in [3.8, 4) is 0 Å². The first kappa shape index (κ1) is 22.0. The second kappa shape index (κ2) is 9.26. The normalized spacial score (nSPS) is 19.6. The number of hydrogen-bond acceptors (Lipinski definition) is 3. The van der Waals surface area contributed by atoms with Crippen molar-refractivity contribution >= 4 is 18.3 Å². The van der Waals surface area contributed by atoms with Crippen molar-refractivity contribution in [2.24, 2.45) is 0 Å². The van der Waals surface area contributed by atoms with Gasteiger partial charge >= 0.3 is 6.18 Å². The lowest BCUT2D eigenvalue weighted by Gasteiger charge is -2.32. The van der Waals surface area contributed by atoms with E-state index in [1.165, 1.54) is 12.1 Å². The first-order chi connectivity index (χ1) is 12.4. The van der Waals surface area contributed by atoms with E-state index in [4.69, 9.17) is 4.74 Å². The van der Waals surface area contributed by atoms with Crippen LogP contribution in [0, 0.1) is 0 Å². The Bertz CT molecular complexity index is 640. The second-order valence-electron chi connectivity index (χ2n) is 7.05. The fourth-order valence-electron chi connectivity index (χ4n) is 3.90. The Kier molecular flexibility index (Phi) is 7.54. The van der Waals surface area contributed by atoms with Crippen LogP contribution in [0.2, 0.25) is 0 Å². The lowest BCUT2D eigenvalue weighted by atomic mass is 9.85. The molecule has 0 aromatic heterocycles. The van der Waals surface area contributed by atoms with Crippen LogP contribution in [0.3, 0.4) is 0 Å². The third-order valence-corrected chi connectivity index (χ3v) is 5.45. The molecule has 0 atom stereocenters. The maximum absolute atomic E-state index is 13.4. The molecule has 0 unspecified atom stereocenters. The van der Waals surface area contributed by atoms with Crippen LogP contribution in [-0.4, -0.2) is 50.2 Å². The smallest absolute Gasteiger partial charge is 0.381 e. The van der Waals surface area contributed by atoms with Gasteiger partial charge in [-0.15, -0.1) is 12.4 Å². The average molecular weight is 407 g/mol. The maximum atomic E-state index is 13.4. The van der Waals surface area contributed by atoms with Crippen LogP contribution in [0.15, 0.2) is 18.2 Å². The van der Waals surface area contributed by atoms with Crippen LogP contribution in [0.1, 0.15) is 53.1 Å². The van der Waals surface area contributed by atoms with E-state index in [1.807, 2.05) is 0 Å². The van der Waals surface area contributed by atoms with Crippen LogP contribution < -0.4 is 5.32 Å². The van der Waals surface area contributed by atoms with E-state index in [9.17, 15) is 18.0 Å². The van der Waals surface area contributed by atoms with Crippen molar-refractivity contribution < 1.29 is 22.7 Å². The van der Waals surface area contributed by atoms with Gasteiger partial charge in [-0.25, -0.2) is 0 Å². The van der Waals surface area contributed by atoms with Gasteiger partial charge in [0.05, 0.1) is 11.7 Å². The highest BCUT2D eigenvalue weighted by molar-refractivity contribution is 5.94. The number of carbonyl (C=O) groups excluding carboxylic acids is 1. The summed E-state index contributed by atoms with van der Waals surface area (Å²) in [6.45, 7) is 2.54. The highest BCUT2D eigenvalue weighted by Gasteiger charge is 2.36. The van der Waals surface area contributed by atoms with E-state index in [2.05, 4.69) is 5.32 Å². The molecule has 2 heterocycles. The minimum Gasteiger partial charge on any atom is -0.381 e. The molecule has 0 spiro atoms. The predicted molar refractivity (Wildman–Crippen MR) is 99.5 cm³/mol. The first-order valence-corrected chi connectivity index (χ1v) is 9.14. The van der Waals surface area contributed by atoms with Crippen molar-refractivity contribution in [2.45, 2.75) is 43.9 Å². The summed E-state index contributed by atoms with van der Waals surface area (Å²) in [6.07, 6.45) is -1.44. The summed E-state index contributed by atoms with van der Waals surface area (Å²) in [5.74, 6) is -0.358. The molecule has 1 aromatic rings. The third kappa shape index (κ3) is 5.15. The monoisotopic (exact) mass is 406 g/mol. The van der Waals surface area contributed by atoms with Crippen molar-refractivity contribution in [3.05, 3.63) is 34.9 Å². The number of benzene rings is 1. The van der Waals surface area contributed by atoms with Crippen LogP contribution >= 0.6 is 12.4 Å². The number of amides is 1. The lowest BCUT2D eigenvalue weighted by molar-refractivity contribution is -0.138. The molecule has 8 heteroatoms. The van der Waals surface area contributed by atoms with Gasteiger partial charge in [0.15, 0.2) is 0 Å². The van der Waals surface area contributed by atoms with Crippen molar-refractivity contribution in [1.29, 1.82) is 0 Å². The number of rotatable bonds is 3. The molecule has 27 heavy (non-hydrogen) atoms. The zero-order chi connectivity index (χ0) is 18.7. The highest BCUT2D eigenvalue weighted by atomic mass is 35.5. The number of alkyl halides is 3. The average Bonchev–Trinajstić information content (AvgIpc) is 2.67. The fraction of sp³-hybridized carbons (Fsp3) is 0.632. The lowest BCUT2D eigenvalue weighted by Crippen LogP contribution is -2.40. The van der Waals surface area contributed by atoms with E-state index >= 15 is 0 Å². The molecule has 0 radical (unpaired) electrons. The molecule has 0 aliphatic carbocycles. The topological polar surface area (TPSA) is 41.6 Å². The Labute approximate surface area is 163 Å². The van der Waals surface area contributed by atoms with Gasteiger partial charge < -0.3 is 15.0 Å². The fourth-order valence-corrected chi connectivity index (χ4v) is 3.90. The van der Waals surface area contributed by atoms with Gasteiger partial charge in [-0.05, 0) is 68.5 Å². The third-order valence-electron chi connectivity index (χ3n) is 5.45. The Morgan fingerprint density at radius 3 is 2.33 bits per heavy atom. The van der Waals surface area contributed by atoms with E-state index in [1.54, 1.807) is 12.0 Å². The van der Waals surface area contributed by atoms with Gasteiger partial charge in [-0.2, -0.15) is 13.2 Å². The van der Waals surface area contributed by atoms with E-state index in [-0.39, 0.29) is 35.9 Å². The van der Waals surface area contributed by atoms with E-state index < -0.39 is 11.7 Å². The number of piperidine rings is 2. The largest absolute Gasteiger partial charge is 0.416 e. The summed E-state index contributed by atoms with van der Waals surface area (Å²) in [7, 11) is 1.66. The summed E-state index contributed by atoms with van der Waals surface area (Å²) in [6, 6.07) is 3.87. The Morgan fingerprint density at radius 1 is 1.15 bits per heavy atom. The zero-order valence-electron chi connectivity index (χ0n) is 15.3. The molecule has 0 bridgehead atoms. The number of carbonyl (C=O) groups is 1. The van der Waals surface area contributed by atoms with Crippen LogP contribution in [-0.2, 0) is 10.9 Å². The number of likely N-dealkylation sites (tertiary alicyclic amines) is 1. The first-order valence-electron chi connectivity index (χ1n) is 9.14. The van der Waals surface area contributed by atoms with E-state index in [0.29, 0.717) is 44.6 Å². The molecular formula is C19H26ClF3N2O2. The Hall–Kier alpha value is -1.31. The molecule has 2 aliphatic heterocycles. The number of halogens is 4. The maximum Gasteiger partial charge on any atom is 0.416 e. The summed E-state index contributed by atoms with van der Waals surface area (Å²) in [4.78, 5) is 14.5. The summed E-state index contributed by atoms with van der Waals surface area (Å²) < 4.78 is 45.7. The molecule has 152 valence electrons. The minimum absolute atomic E-state index is 0. The molecule has 2 fully saturated rings. The zero-order valence-corrected chi connectivity index (χ0v) is 16.2. The van der Waals surface area contributed by atoms with Crippen molar-refractivity contribution in [2.75, 3.05) is 33.3 Å². The highest BCUT2D eigenvalue weighted by Crippen LogP contribution is 2.38. The van der Waals surface area contributed by atoms with Crippen molar-refractivity contribution in [3.63, 3.8) is 0 Å². The van der Waals surface area contributed by atoms with Crippen LogP contribution in [0.5, 0.6) is 0 Å². The minimum atomic E-state index is -4.40. The summed E-state index contributed by atoms with van der Waals surface area (Å²) in [5, 5.41) is 3.17. The van der Waals surface area contributed by atoms with Crippen molar-refractivity contribution in [1.82, 2.24) is 10.2 Å². The standard InChI is InChI=1S/C19H25F3N2O2.ClH/c1-26-15-6-10-24(11-7-15)18(25)14-2-3-17(19(20,21)22)16(12-14)13-4-8-23-9-5-13;/h2-3,12-13,15,23H,4-11H2,1H3;1H. The SMILES string of the molecule is COC1CCN(C(=O)c2ccc(C(F)(F)F)c(C3CCNCC3)c2)CC1.Cl. The van der Waals surface area contributed by atoms with Gasteiger partial charge in [0.2, 0.25) is 0 Å². The number of nitrogens with zero attached hydrogens (tertiary/aromatic N) is 1. The molecule has 2 saturated heterocycles. The molecule has 1 N–H and O–H groups in total. The van der Waals surface area contributed by atoms with Crippen LogP contribution in [0.25, 0.3) is 0 Å². The van der Waals surface area contributed by atoms with Gasteiger partial charge in [0.25, 0.3) is 5.91 Å². The molecule has 4 nitrogen and oxygen atoms in total. The number of hydrogen-bond donors (Lipinski definition) is 1. The van der Waals surface area contributed by atoms with Gasteiger partial charge in [0, 0.05) is 25.8 Å². The molecule has 2 aliphatic rings. The molecule has 0 saturated carbocycles. The van der Waals surface area contributed by atoms with Gasteiger partial charge in [-0.3, -0.25) is 4.79 Å². The van der Waals surface area contributed by atoms with Crippen LogP contribution in [0.4, 0.5) is 13.2 Å². The second-order valence-corrected chi connectivity index (χ2v) is 7.05. The number of nitrogens with one attached hydrogen (secondary N) is 1.